The molecule has 2 heterocycles. The van der Waals surface area contributed by atoms with E-state index in [0.717, 1.165) is 30.1 Å². The van der Waals surface area contributed by atoms with E-state index in [4.69, 9.17) is 17.0 Å². The zero-order valence-corrected chi connectivity index (χ0v) is 16.5. The second-order valence-electron chi connectivity index (χ2n) is 6.66. The minimum absolute atomic E-state index is 0.000116. The monoisotopic (exact) mass is 395 g/mol. The minimum atomic E-state index is -0.264. The van der Waals surface area contributed by atoms with Crippen LogP contribution in [0.4, 0.5) is 10.1 Å². The van der Waals surface area contributed by atoms with E-state index in [2.05, 4.69) is 45.2 Å². The van der Waals surface area contributed by atoms with Crippen molar-refractivity contribution in [1.29, 1.82) is 0 Å². The normalized spacial score (nSPS) is 15.8. The van der Waals surface area contributed by atoms with E-state index in [1.54, 1.807) is 12.1 Å². The number of hydrogen-bond acceptors (Lipinski definition) is 2. The molecule has 1 N–H and O–H groups in total. The molecule has 0 saturated carbocycles. The Hall–Kier alpha value is -2.86. The van der Waals surface area contributed by atoms with E-state index < -0.39 is 0 Å². The second kappa shape index (κ2) is 8.02. The van der Waals surface area contributed by atoms with Gasteiger partial charge in [0.25, 0.3) is 0 Å². The van der Waals surface area contributed by atoms with Crippen LogP contribution in [0.5, 0.6) is 5.75 Å². The maximum Gasteiger partial charge on any atom is 0.174 e. The van der Waals surface area contributed by atoms with Crippen molar-refractivity contribution in [1.82, 2.24) is 9.47 Å². The van der Waals surface area contributed by atoms with Gasteiger partial charge in [0.2, 0.25) is 0 Å². The summed E-state index contributed by atoms with van der Waals surface area (Å²) in [6.45, 7) is 4.26. The average Bonchev–Trinajstić information content (AvgIpc) is 3.19. The van der Waals surface area contributed by atoms with Crippen molar-refractivity contribution in [3.63, 3.8) is 0 Å². The number of fused-ring (bicyclic) bond motifs is 1. The number of anilines is 1. The van der Waals surface area contributed by atoms with Crippen LogP contribution in [0.3, 0.4) is 0 Å². The lowest BCUT2D eigenvalue weighted by Gasteiger charge is -2.39. The molecule has 0 fully saturated rings. The van der Waals surface area contributed by atoms with Crippen LogP contribution >= 0.6 is 12.2 Å². The van der Waals surface area contributed by atoms with Gasteiger partial charge in [0.05, 0.1) is 12.6 Å². The zero-order chi connectivity index (χ0) is 19.5. The fourth-order valence-corrected chi connectivity index (χ4v) is 3.91. The van der Waals surface area contributed by atoms with Crippen LogP contribution < -0.4 is 10.1 Å². The molecule has 3 aromatic rings. The molecular formula is C22H22FN3OS. The quantitative estimate of drug-likeness (QED) is 0.641. The Morgan fingerprint density at radius 2 is 1.86 bits per heavy atom. The average molecular weight is 396 g/mol. The van der Waals surface area contributed by atoms with Gasteiger partial charge in [-0.05, 0) is 73.2 Å². The molecule has 0 radical (unpaired) electrons. The highest BCUT2D eigenvalue weighted by atomic mass is 32.1. The molecule has 1 aromatic heterocycles. The van der Waals surface area contributed by atoms with E-state index in [1.807, 2.05) is 19.1 Å². The van der Waals surface area contributed by atoms with E-state index in [0.29, 0.717) is 11.7 Å². The smallest absolute Gasteiger partial charge is 0.174 e. The third-order valence-electron chi connectivity index (χ3n) is 4.90. The Bertz CT molecular complexity index is 953. The van der Waals surface area contributed by atoms with Crippen molar-refractivity contribution in [3.8, 4) is 5.75 Å². The number of halogens is 1. The SMILES string of the molecule is CCOc1ccc([C@H]2c3cccn3CCN2C(=S)Nc2ccc(F)cc2)cc1. The number of benzene rings is 2. The lowest BCUT2D eigenvalue weighted by molar-refractivity contribution is 0.293. The largest absolute Gasteiger partial charge is 0.494 e. The fourth-order valence-electron chi connectivity index (χ4n) is 3.59. The topological polar surface area (TPSA) is 29.4 Å². The molecule has 1 atom stereocenters. The van der Waals surface area contributed by atoms with Gasteiger partial charge in [0.15, 0.2) is 5.11 Å². The summed E-state index contributed by atoms with van der Waals surface area (Å²) in [5, 5.41) is 3.87. The Morgan fingerprint density at radius 1 is 1.11 bits per heavy atom. The van der Waals surface area contributed by atoms with Crippen LogP contribution in [0.2, 0.25) is 0 Å². The van der Waals surface area contributed by atoms with Crippen molar-refractivity contribution in [2.75, 3.05) is 18.5 Å². The highest BCUT2D eigenvalue weighted by molar-refractivity contribution is 7.80. The van der Waals surface area contributed by atoms with Crippen LogP contribution in [0.15, 0.2) is 66.9 Å². The summed E-state index contributed by atoms with van der Waals surface area (Å²) < 4.78 is 21.0. The predicted molar refractivity (Wildman–Crippen MR) is 113 cm³/mol. The maximum atomic E-state index is 13.2. The molecule has 28 heavy (non-hydrogen) atoms. The highest BCUT2D eigenvalue weighted by Crippen LogP contribution is 2.33. The standard InChI is InChI=1S/C22H22FN3OS/c1-2-27-19-11-5-16(6-12-19)21-20-4-3-13-25(20)14-15-26(21)22(28)24-18-9-7-17(23)8-10-18/h3-13,21H,2,14-15H2,1H3,(H,24,28)/t21-/m0/s1. The molecule has 0 aliphatic carbocycles. The first-order valence-electron chi connectivity index (χ1n) is 9.36. The van der Waals surface area contributed by atoms with Gasteiger partial charge in [-0.15, -0.1) is 0 Å². The van der Waals surface area contributed by atoms with Crippen molar-refractivity contribution in [2.24, 2.45) is 0 Å². The summed E-state index contributed by atoms with van der Waals surface area (Å²) in [5.74, 6) is 0.593. The second-order valence-corrected chi connectivity index (χ2v) is 7.05. The molecule has 1 aliphatic rings. The third kappa shape index (κ3) is 3.73. The number of hydrogen-bond donors (Lipinski definition) is 1. The number of nitrogens with zero attached hydrogens (tertiary/aromatic N) is 2. The third-order valence-corrected chi connectivity index (χ3v) is 5.24. The Balaban J connectivity index is 1.63. The molecule has 0 amide bonds. The van der Waals surface area contributed by atoms with E-state index in [-0.39, 0.29) is 11.9 Å². The highest BCUT2D eigenvalue weighted by Gasteiger charge is 2.30. The molecule has 144 valence electrons. The zero-order valence-electron chi connectivity index (χ0n) is 15.6. The maximum absolute atomic E-state index is 13.2. The molecule has 0 saturated heterocycles. The number of ether oxygens (including phenoxy) is 1. The Morgan fingerprint density at radius 3 is 2.57 bits per heavy atom. The lowest BCUT2D eigenvalue weighted by atomic mass is 10.00. The number of rotatable bonds is 4. The van der Waals surface area contributed by atoms with Crippen LogP contribution in [0.1, 0.15) is 24.2 Å². The van der Waals surface area contributed by atoms with Gasteiger partial charge in [0.1, 0.15) is 11.6 Å². The van der Waals surface area contributed by atoms with Crippen LogP contribution in [-0.2, 0) is 6.54 Å². The number of nitrogens with one attached hydrogen (secondary N) is 1. The van der Waals surface area contributed by atoms with Gasteiger partial charge >= 0.3 is 0 Å². The van der Waals surface area contributed by atoms with E-state index in [1.165, 1.54) is 17.8 Å². The molecule has 4 nitrogen and oxygen atoms in total. The Kier molecular flexibility index (Phi) is 5.30. The van der Waals surface area contributed by atoms with Crippen LogP contribution in [0.25, 0.3) is 0 Å². The number of aromatic nitrogens is 1. The van der Waals surface area contributed by atoms with Gasteiger partial charge in [0, 0.05) is 30.7 Å². The van der Waals surface area contributed by atoms with Crippen molar-refractivity contribution in [2.45, 2.75) is 19.5 Å². The van der Waals surface area contributed by atoms with Gasteiger partial charge in [-0.1, -0.05) is 12.1 Å². The minimum Gasteiger partial charge on any atom is -0.494 e. The lowest BCUT2D eigenvalue weighted by Crippen LogP contribution is -2.44. The summed E-state index contributed by atoms with van der Waals surface area (Å²) >= 11 is 5.72. The Labute approximate surface area is 169 Å². The molecule has 1 aliphatic heterocycles. The van der Waals surface area contributed by atoms with Crippen LogP contribution in [0, 0.1) is 5.82 Å². The molecule has 0 spiro atoms. The molecule has 6 heteroatoms. The van der Waals surface area contributed by atoms with Gasteiger partial charge in [-0.25, -0.2) is 4.39 Å². The van der Waals surface area contributed by atoms with Gasteiger partial charge in [-0.3, -0.25) is 0 Å². The first-order valence-corrected chi connectivity index (χ1v) is 9.77. The summed E-state index contributed by atoms with van der Waals surface area (Å²) in [4.78, 5) is 2.18. The summed E-state index contributed by atoms with van der Waals surface area (Å²) in [5.41, 5.74) is 3.11. The van der Waals surface area contributed by atoms with Crippen molar-refractivity contribution >= 4 is 23.0 Å². The summed E-state index contributed by atoms with van der Waals surface area (Å²) in [7, 11) is 0. The first-order chi connectivity index (χ1) is 13.7. The van der Waals surface area contributed by atoms with E-state index in [9.17, 15) is 4.39 Å². The van der Waals surface area contributed by atoms with Crippen LogP contribution in [-0.4, -0.2) is 27.7 Å². The molecule has 0 unspecified atom stereocenters. The molecule has 2 aromatic carbocycles. The van der Waals surface area contributed by atoms with Crippen molar-refractivity contribution < 1.29 is 9.13 Å². The molecule has 0 bridgehead atoms. The van der Waals surface area contributed by atoms with Crippen molar-refractivity contribution in [3.05, 3.63) is 83.9 Å². The van der Waals surface area contributed by atoms with Gasteiger partial charge < -0.3 is 19.5 Å². The summed E-state index contributed by atoms with van der Waals surface area (Å²) in [6, 6.07) is 18.6. The predicted octanol–water partition coefficient (Wildman–Crippen LogP) is 4.83. The molecular weight excluding hydrogens is 373 g/mol. The summed E-state index contributed by atoms with van der Waals surface area (Å²) in [6.07, 6.45) is 2.10. The van der Waals surface area contributed by atoms with Gasteiger partial charge in [-0.2, -0.15) is 0 Å². The number of thiocarbonyl (C=S) groups is 1. The van der Waals surface area contributed by atoms with E-state index >= 15 is 0 Å². The fraction of sp³-hybridized carbons (Fsp3) is 0.227. The first kappa shape index (κ1) is 18.5. The molecule has 4 rings (SSSR count).